The molecule has 0 fully saturated rings. The number of aromatic nitrogens is 5. The normalized spacial score (nSPS) is 13.0. The van der Waals surface area contributed by atoms with E-state index in [0.717, 1.165) is 16.6 Å². The molecule has 1 unspecified atom stereocenters. The van der Waals surface area contributed by atoms with E-state index in [1.807, 2.05) is 87.8 Å². The maximum atomic E-state index is 14.2. The smallest absolute Gasteiger partial charge is 0.264 e. The van der Waals surface area contributed by atoms with Crippen LogP contribution in [0.2, 0.25) is 0 Å². The summed E-state index contributed by atoms with van der Waals surface area (Å²) in [6.45, 7) is 4.45. The number of para-hydroxylation sites is 1. The van der Waals surface area contributed by atoms with E-state index in [2.05, 4.69) is 32.7 Å². The number of amides is 1. The molecule has 1 aliphatic rings. The number of anilines is 1. The van der Waals surface area contributed by atoms with E-state index in [4.69, 9.17) is 0 Å². The van der Waals surface area contributed by atoms with Crippen molar-refractivity contribution in [1.29, 1.82) is 0 Å². The quantitative estimate of drug-likeness (QED) is 0.342. The van der Waals surface area contributed by atoms with Crippen LogP contribution in [0.3, 0.4) is 0 Å². The van der Waals surface area contributed by atoms with Crippen LogP contribution in [-0.2, 0) is 7.05 Å². The minimum Gasteiger partial charge on any atom is -0.366 e. The van der Waals surface area contributed by atoms with Gasteiger partial charge in [0.25, 0.3) is 11.5 Å². The number of rotatable bonds is 4. The highest BCUT2D eigenvalue weighted by atomic mass is 16.2. The number of carbonyl (C=O) groups is 1. The predicted octanol–water partition coefficient (Wildman–Crippen LogP) is 4.10. The molecule has 2 N–H and O–H groups in total. The Hall–Kier alpha value is -5.36. The molecule has 198 valence electrons. The van der Waals surface area contributed by atoms with Crippen LogP contribution in [0, 0.1) is 11.8 Å². The Labute approximate surface area is 230 Å². The topological polar surface area (TPSA) is 98.8 Å². The lowest BCUT2D eigenvalue weighted by Crippen LogP contribution is -2.32. The van der Waals surface area contributed by atoms with Crippen LogP contribution in [0.15, 0.2) is 84.1 Å². The van der Waals surface area contributed by atoms with Crippen LogP contribution in [0.1, 0.15) is 47.1 Å². The van der Waals surface area contributed by atoms with Crippen LogP contribution in [-0.4, -0.2) is 36.6 Å². The van der Waals surface area contributed by atoms with E-state index in [1.165, 1.54) is 0 Å². The van der Waals surface area contributed by atoms with Gasteiger partial charge in [0.15, 0.2) is 0 Å². The first-order valence-corrected chi connectivity index (χ1v) is 13.0. The molecule has 1 aliphatic heterocycles. The first-order valence-electron chi connectivity index (χ1n) is 13.0. The largest absolute Gasteiger partial charge is 0.366 e. The van der Waals surface area contributed by atoms with Gasteiger partial charge in [0.2, 0.25) is 0 Å². The van der Waals surface area contributed by atoms with E-state index < -0.39 is 6.04 Å². The molecule has 0 spiro atoms. The average molecular weight is 530 g/mol. The number of hydrogen-bond donors (Lipinski definition) is 2. The summed E-state index contributed by atoms with van der Waals surface area (Å²) in [5.41, 5.74) is 3.93. The SMILES string of the molecule is CC1=CCNc2c(C(=O)NC(C)c3cc4cccc(C#Cc5cnn(C)c5)c4c(=O)n3-c3ccccc3)cnn21. The average Bonchev–Trinajstić information content (AvgIpc) is 3.59. The van der Waals surface area contributed by atoms with Gasteiger partial charge in [-0.1, -0.05) is 42.2 Å². The molecule has 3 aromatic heterocycles. The van der Waals surface area contributed by atoms with Crippen molar-refractivity contribution in [2.24, 2.45) is 7.05 Å². The zero-order chi connectivity index (χ0) is 27.8. The van der Waals surface area contributed by atoms with Gasteiger partial charge in [0.1, 0.15) is 11.4 Å². The number of hydrogen-bond acceptors (Lipinski definition) is 5. The predicted molar refractivity (Wildman–Crippen MR) is 155 cm³/mol. The second-order valence-corrected chi connectivity index (χ2v) is 9.71. The van der Waals surface area contributed by atoms with Gasteiger partial charge in [-0.05, 0) is 49.6 Å². The Bertz CT molecular complexity index is 1920. The number of nitrogens with one attached hydrogen (secondary N) is 2. The lowest BCUT2D eigenvalue weighted by Gasteiger charge is -2.22. The monoisotopic (exact) mass is 529 g/mol. The van der Waals surface area contributed by atoms with Gasteiger partial charge in [0, 0.05) is 42.4 Å². The molecule has 0 saturated carbocycles. The molecule has 0 aliphatic carbocycles. The highest BCUT2D eigenvalue weighted by molar-refractivity contribution is 5.99. The Morgan fingerprint density at radius 3 is 2.67 bits per heavy atom. The van der Waals surface area contributed by atoms with Crippen molar-refractivity contribution in [3.63, 3.8) is 0 Å². The molecule has 5 aromatic rings. The number of benzene rings is 2. The van der Waals surface area contributed by atoms with E-state index in [1.54, 1.807) is 26.3 Å². The second kappa shape index (κ2) is 10.1. The van der Waals surface area contributed by atoms with E-state index in [9.17, 15) is 9.59 Å². The molecule has 9 heteroatoms. The molecule has 6 rings (SSSR count). The maximum absolute atomic E-state index is 14.2. The van der Waals surface area contributed by atoms with Crippen molar-refractivity contribution < 1.29 is 4.79 Å². The zero-order valence-corrected chi connectivity index (χ0v) is 22.3. The number of nitrogens with zero attached hydrogens (tertiary/aromatic N) is 5. The Morgan fingerprint density at radius 1 is 1.07 bits per heavy atom. The molecule has 2 aromatic carbocycles. The fraction of sp³-hybridized carbons (Fsp3) is 0.161. The molecule has 4 heterocycles. The molecule has 9 nitrogen and oxygen atoms in total. The minimum atomic E-state index is -0.495. The Balaban J connectivity index is 1.45. The van der Waals surface area contributed by atoms with Gasteiger partial charge in [-0.25, -0.2) is 4.68 Å². The summed E-state index contributed by atoms with van der Waals surface area (Å²) in [5.74, 6) is 6.65. The third-order valence-electron chi connectivity index (χ3n) is 6.94. The van der Waals surface area contributed by atoms with E-state index in [0.29, 0.717) is 40.3 Å². The second-order valence-electron chi connectivity index (χ2n) is 9.71. The van der Waals surface area contributed by atoms with Crippen molar-refractivity contribution >= 4 is 28.2 Å². The molecule has 0 radical (unpaired) electrons. The number of carbonyl (C=O) groups excluding carboxylic acids is 1. The number of aryl methyl sites for hydroxylation is 1. The van der Waals surface area contributed by atoms with Gasteiger partial charge in [-0.3, -0.25) is 18.8 Å². The Kier molecular flexibility index (Phi) is 6.28. The van der Waals surface area contributed by atoms with Crippen molar-refractivity contribution in [3.8, 4) is 17.5 Å². The first-order chi connectivity index (χ1) is 19.4. The number of pyridine rings is 1. The van der Waals surface area contributed by atoms with E-state index in [-0.39, 0.29) is 11.5 Å². The number of fused-ring (bicyclic) bond motifs is 2. The summed E-state index contributed by atoms with van der Waals surface area (Å²) >= 11 is 0. The first kappa shape index (κ1) is 24.9. The molecule has 0 bridgehead atoms. The van der Waals surface area contributed by atoms with E-state index >= 15 is 0 Å². The highest BCUT2D eigenvalue weighted by Crippen LogP contribution is 2.26. The molecular weight excluding hydrogens is 502 g/mol. The van der Waals surface area contributed by atoms with Gasteiger partial charge in [0.05, 0.1) is 29.4 Å². The van der Waals surface area contributed by atoms with Gasteiger partial charge in [-0.2, -0.15) is 10.2 Å². The standard InChI is InChI=1S/C31H27N7O2/c1-20-14-15-32-29-26(18-34-38(20)29)30(39)35-21(2)27-16-24-9-7-8-23(13-12-22-17-33-36(3)19-22)28(24)31(40)37(27)25-10-5-4-6-11-25/h4-11,14,16-19,21,32H,15H2,1-3H3,(H,35,39). The fourth-order valence-electron chi connectivity index (χ4n) is 4.96. The van der Waals surface area contributed by atoms with Crippen LogP contribution in [0.25, 0.3) is 22.2 Å². The summed E-state index contributed by atoms with van der Waals surface area (Å²) < 4.78 is 5.06. The summed E-state index contributed by atoms with van der Waals surface area (Å²) in [6.07, 6.45) is 7.08. The molecule has 1 amide bonds. The summed E-state index contributed by atoms with van der Waals surface area (Å²) in [7, 11) is 1.83. The van der Waals surface area contributed by atoms with Crippen molar-refractivity contribution in [2.45, 2.75) is 19.9 Å². The summed E-state index contributed by atoms with van der Waals surface area (Å²) in [5, 5.41) is 16.1. The third kappa shape index (κ3) is 4.46. The third-order valence-corrected chi connectivity index (χ3v) is 6.94. The fourth-order valence-corrected chi connectivity index (χ4v) is 4.96. The van der Waals surface area contributed by atoms with Gasteiger partial charge < -0.3 is 10.6 Å². The highest BCUT2D eigenvalue weighted by Gasteiger charge is 2.24. The lowest BCUT2D eigenvalue weighted by atomic mass is 10.0. The van der Waals surface area contributed by atoms with Crippen LogP contribution < -0.4 is 16.2 Å². The zero-order valence-electron chi connectivity index (χ0n) is 22.3. The Morgan fingerprint density at radius 2 is 1.90 bits per heavy atom. The molecule has 40 heavy (non-hydrogen) atoms. The van der Waals surface area contributed by atoms with Crippen LogP contribution in [0.4, 0.5) is 5.82 Å². The van der Waals surface area contributed by atoms with Crippen LogP contribution in [0.5, 0.6) is 0 Å². The van der Waals surface area contributed by atoms with Crippen molar-refractivity contribution in [2.75, 3.05) is 11.9 Å². The van der Waals surface area contributed by atoms with Crippen molar-refractivity contribution in [1.82, 2.24) is 29.4 Å². The van der Waals surface area contributed by atoms with Gasteiger partial charge >= 0.3 is 0 Å². The van der Waals surface area contributed by atoms with Crippen LogP contribution >= 0.6 is 0 Å². The minimum absolute atomic E-state index is 0.207. The van der Waals surface area contributed by atoms with Gasteiger partial charge in [-0.15, -0.1) is 0 Å². The summed E-state index contributed by atoms with van der Waals surface area (Å²) in [6, 6.07) is 16.5. The summed E-state index contributed by atoms with van der Waals surface area (Å²) in [4.78, 5) is 27.6. The van der Waals surface area contributed by atoms with Crippen molar-refractivity contribution in [3.05, 3.63) is 112 Å². The molecule has 0 saturated heterocycles. The molecule has 1 atom stereocenters. The number of allylic oxidation sites excluding steroid dienone is 1. The maximum Gasteiger partial charge on any atom is 0.264 e. The lowest BCUT2D eigenvalue weighted by molar-refractivity contribution is 0.0939. The molecular formula is C31H27N7O2.